The van der Waals surface area contributed by atoms with E-state index >= 15 is 0 Å². The summed E-state index contributed by atoms with van der Waals surface area (Å²) in [4.78, 5) is 18.1. The number of nitrogens with zero attached hydrogens (tertiary/aromatic N) is 1. The van der Waals surface area contributed by atoms with E-state index in [2.05, 4.69) is 23.2 Å². The molecule has 0 bridgehead atoms. The van der Waals surface area contributed by atoms with Crippen molar-refractivity contribution in [2.75, 3.05) is 33.4 Å². The molecule has 0 aliphatic carbocycles. The maximum atomic E-state index is 12.8. The second kappa shape index (κ2) is 8.66. The van der Waals surface area contributed by atoms with Crippen molar-refractivity contribution < 1.29 is 14.3 Å². The molecule has 5 heteroatoms. The zero-order valence-corrected chi connectivity index (χ0v) is 16.9. The van der Waals surface area contributed by atoms with Crippen molar-refractivity contribution in [2.24, 2.45) is 5.92 Å². The molecule has 1 aromatic carbocycles. The van der Waals surface area contributed by atoms with Gasteiger partial charge in [0.15, 0.2) is 0 Å². The molecule has 2 aromatic rings. The highest BCUT2D eigenvalue weighted by Crippen LogP contribution is 2.38. The van der Waals surface area contributed by atoms with E-state index in [1.165, 1.54) is 10.9 Å². The minimum Gasteiger partial charge on any atom is -0.385 e. The zero-order valence-electron chi connectivity index (χ0n) is 16.9. The number of carbonyl (C=O) groups excluding carboxylic acids is 1. The van der Waals surface area contributed by atoms with Crippen molar-refractivity contribution in [3.05, 3.63) is 36.0 Å². The molecule has 1 unspecified atom stereocenters. The van der Waals surface area contributed by atoms with E-state index in [9.17, 15) is 4.79 Å². The molecule has 5 nitrogen and oxygen atoms in total. The summed E-state index contributed by atoms with van der Waals surface area (Å²) in [5.74, 6) is 0.963. The van der Waals surface area contributed by atoms with Crippen molar-refractivity contribution in [3.63, 3.8) is 0 Å². The fraction of sp³-hybridized carbons (Fsp3) is 0.609. The number of para-hydroxylation sites is 1. The number of H-pyrrole nitrogens is 1. The Bertz CT molecular complexity index is 792. The van der Waals surface area contributed by atoms with Crippen LogP contribution in [0.2, 0.25) is 0 Å². The van der Waals surface area contributed by atoms with Crippen LogP contribution in [0, 0.1) is 5.92 Å². The lowest BCUT2D eigenvalue weighted by Crippen LogP contribution is -2.50. The van der Waals surface area contributed by atoms with Gasteiger partial charge in [0, 0.05) is 56.9 Å². The Hall–Kier alpha value is -1.85. The topological polar surface area (TPSA) is 54.6 Å². The van der Waals surface area contributed by atoms with Gasteiger partial charge in [-0.15, -0.1) is 0 Å². The molecule has 3 heterocycles. The molecule has 1 spiro atoms. The average molecular weight is 385 g/mol. The largest absolute Gasteiger partial charge is 0.385 e. The van der Waals surface area contributed by atoms with Gasteiger partial charge in [0.25, 0.3) is 0 Å². The van der Waals surface area contributed by atoms with Gasteiger partial charge in [-0.3, -0.25) is 4.79 Å². The Morgan fingerprint density at radius 2 is 2.14 bits per heavy atom. The second-order valence-corrected chi connectivity index (χ2v) is 8.41. The molecule has 2 aliphatic heterocycles. The standard InChI is InChI=1S/C23H32N2O3/c1-27-14-8-18-9-15-28-23(16-18)10-12-25(13-11-23)22(26)7-6-19-17-24-21-5-3-2-4-20(19)21/h2-5,17-18,24H,6-16H2,1H3. The van der Waals surface area contributed by atoms with Gasteiger partial charge in [-0.1, -0.05) is 18.2 Å². The van der Waals surface area contributed by atoms with Gasteiger partial charge in [-0.25, -0.2) is 0 Å². The molecule has 2 saturated heterocycles. The molecule has 152 valence electrons. The van der Waals surface area contributed by atoms with E-state index in [4.69, 9.17) is 9.47 Å². The average Bonchev–Trinajstić information content (AvgIpc) is 3.14. The van der Waals surface area contributed by atoms with Gasteiger partial charge in [-0.05, 0) is 56.1 Å². The monoisotopic (exact) mass is 384 g/mol. The Morgan fingerprint density at radius 3 is 2.96 bits per heavy atom. The molecular weight excluding hydrogens is 352 g/mol. The van der Waals surface area contributed by atoms with Crippen LogP contribution in [0.1, 0.15) is 44.1 Å². The third-order valence-corrected chi connectivity index (χ3v) is 6.64. The highest BCUT2D eigenvalue weighted by atomic mass is 16.5. The smallest absolute Gasteiger partial charge is 0.222 e. The number of hydrogen-bond acceptors (Lipinski definition) is 3. The van der Waals surface area contributed by atoms with Crippen LogP contribution < -0.4 is 0 Å². The predicted molar refractivity (Wildman–Crippen MR) is 110 cm³/mol. The molecule has 0 radical (unpaired) electrons. The van der Waals surface area contributed by atoms with E-state index in [0.717, 1.165) is 70.3 Å². The number of ether oxygens (including phenoxy) is 2. The van der Waals surface area contributed by atoms with Gasteiger partial charge < -0.3 is 19.4 Å². The van der Waals surface area contributed by atoms with Crippen molar-refractivity contribution in [2.45, 2.75) is 50.5 Å². The van der Waals surface area contributed by atoms with Crippen LogP contribution in [0.4, 0.5) is 0 Å². The number of likely N-dealkylation sites (tertiary alicyclic amines) is 1. The van der Waals surface area contributed by atoms with Crippen LogP contribution >= 0.6 is 0 Å². The third kappa shape index (κ3) is 4.26. The van der Waals surface area contributed by atoms with Gasteiger partial charge in [0.2, 0.25) is 5.91 Å². The predicted octanol–water partition coefficient (Wildman–Crippen LogP) is 3.92. The first kappa shape index (κ1) is 19.5. The number of carbonyl (C=O) groups is 1. The summed E-state index contributed by atoms with van der Waals surface area (Å²) in [5.41, 5.74) is 2.36. The molecule has 1 aromatic heterocycles. The van der Waals surface area contributed by atoms with Gasteiger partial charge >= 0.3 is 0 Å². The number of hydrogen-bond donors (Lipinski definition) is 1. The number of aryl methyl sites for hydroxylation is 1. The number of aromatic nitrogens is 1. The molecule has 1 N–H and O–H groups in total. The van der Waals surface area contributed by atoms with Crippen molar-refractivity contribution in [1.29, 1.82) is 0 Å². The number of rotatable bonds is 6. The molecule has 28 heavy (non-hydrogen) atoms. The number of aromatic amines is 1. The number of benzene rings is 1. The third-order valence-electron chi connectivity index (χ3n) is 6.64. The van der Waals surface area contributed by atoms with Crippen LogP contribution in [0.5, 0.6) is 0 Å². The molecular formula is C23H32N2O3. The van der Waals surface area contributed by atoms with Crippen LogP contribution in [0.25, 0.3) is 10.9 Å². The van der Waals surface area contributed by atoms with Crippen LogP contribution in [-0.2, 0) is 20.7 Å². The SMILES string of the molecule is COCCC1CCOC2(CCN(C(=O)CCc3c[nH]c4ccccc34)CC2)C1. The lowest BCUT2D eigenvalue weighted by atomic mass is 9.78. The first-order valence-electron chi connectivity index (χ1n) is 10.6. The van der Waals surface area contributed by atoms with E-state index < -0.39 is 0 Å². The summed E-state index contributed by atoms with van der Waals surface area (Å²) in [5, 5.41) is 1.23. The Labute approximate surface area is 167 Å². The first-order chi connectivity index (χ1) is 13.7. The fourth-order valence-electron chi connectivity index (χ4n) is 4.91. The van der Waals surface area contributed by atoms with E-state index in [1.54, 1.807) is 7.11 Å². The highest BCUT2D eigenvalue weighted by molar-refractivity contribution is 5.84. The normalized spacial score (nSPS) is 22.0. The maximum Gasteiger partial charge on any atom is 0.222 e. The number of nitrogens with one attached hydrogen (secondary N) is 1. The fourth-order valence-corrected chi connectivity index (χ4v) is 4.91. The van der Waals surface area contributed by atoms with Crippen molar-refractivity contribution >= 4 is 16.8 Å². The number of fused-ring (bicyclic) bond motifs is 1. The summed E-state index contributed by atoms with van der Waals surface area (Å²) in [6.07, 6.45) is 8.72. The van der Waals surface area contributed by atoms with Crippen molar-refractivity contribution in [3.8, 4) is 0 Å². The molecule has 1 amide bonds. The quantitative estimate of drug-likeness (QED) is 0.821. The van der Waals surface area contributed by atoms with Gasteiger partial charge in [0.1, 0.15) is 0 Å². The summed E-state index contributed by atoms with van der Waals surface area (Å²) < 4.78 is 11.5. The number of methoxy groups -OCH3 is 1. The van der Waals surface area contributed by atoms with E-state index in [1.807, 2.05) is 17.2 Å². The van der Waals surface area contributed by atoms with Crippen LogP contribution in [-0.4, -0.2) is 54.8 Å². The van der Waals surface area contributed by atoms with Crippen LogP contribution in [0.15, 0.2) is 30.5 Å². The minimum atomic E-state index is -0.00964. The summed E-state index contributed by atoms with van der Waals surface area (Å²) in [6.45, 7) is 3.33. The molecule has 4 rings (SSSR count). The molecule has 2 fully saturated rings. The Morgan fingerprint density at radius 1 is 1.32 bits per heavy atom. The van der Waals surface area contributed by atoms with Crippen molar-refractivity contribution in [1.82, 2.24) is 9.88 Å². The lowest BCUT2D eigenvalue weighted by molar-refractivity contribution is -0.147. The van der Waals surface area contributed by atoms with Gasteiger partial charge in [0.05, 0.1) is 5.60 Å². The second-order valence-electron chi connectivity index (χ2n) is 8.41. The van der Waals surface area contributed by atoms with Gasteiger partial charge in [-0.2, -0.15) is 0 Å². The molecule has 1 atom stereocenters. The number of amides is 1. The minimum absolute atomic E-state index is 0.00964. The highest BCUT2D eigenvalue weighted by Gasteiger charge is 2.40. The van der Waals surface area contributed by atoms with Crippen LogP contribution in [0.3, 0.4) is 0 Å². The maximum absolute atomic E-state index is 12.8. The zero-order chi connectivity index (χ0) is 19.4. The molecule has 0 saturated carbocycles. The summed E-state index contributed by atoms with van der Waals surface area (Å²) >= 11 is 0. The summed E-state index contributed by atoms with van der Waals surface area (Å²) in [7, 11) is 1.77. The Balaban J connectivity index is 1.28. The lowest BCUT2D eigenvalue weighted by Gasteiger charge is -2.46. The number of piperidine rings is 1. The summed E-state index contributed by atoms with van der Waals surface area (Å²) in [6, 6.07) is 8.28. The first-order valence-corrected chi connectivity index (χ1v) is 10.6. The molecule has 2 aliphatic rings. The van der Waals surface area contributed by atoms with E-state index in [0.29, 0.717) is 12.3 Å². The Kier molecular flexibility index (Phi) is 6.02. The van der Waals surface area contributed by atoms with E-state index in [-0.39, 0.29) is 11.5 Å².